The van der Waals surface area contributed by atoms with Gasteiger partial charge in [0, 0.05) is 29.7 Å². The summed E-state index contributed by atoms with van der Waals surface area (Å²) in [6.07, 6.45) is 3.43. The number of ether oxygens (including phenoxy) is 2. The van der Waals surface area contributed by atoms with E-state index in [0.717, 1.165) is 5.56 Å². The number of nitrogens with zero attached hydrogens (tertiary/aromatic N) is 1. The molecule has 0 fully saturated rings. The Morgan fingerprint density at radius 3 is 2.82 bits per heavy atom. The van der Waals surface area contributed by atoms with Gasteiger partial charge in [0.15, 0.2) is 11.5 Å². The summed E-state index contributed by atoms with van der Waals surface area (Å²) >= 11 is 0. The fourth-order valence-corrected chi connectivity index (χ4v) is 1.77. The van der Waals surface area contributed by atoms with Crippen molar-refractivity contribution in [3.63, 3.8) is 0 Å². The Hall–Kier alpha value is -2.60. The van der Waals surface area contributed by atoms with Crippen molar-refractivity contribution in [1.82, 2.24) is 4.98 Å². The van der Waals surface area contributed by atoms with Gasteiger partial charge in [-0.2, -0.15) is 0 Å². The van der Waals surface area contributed by atoms with Crippen LogP contribution in [0, 0.1) is 0 Å². The number of carbonyl (C=O) groups excluding carboxylic acids is 1. The zero-order valence-electron chi connectivity index (χ0n) is 12.6. The molecule has 2 rings (SSSR count). The van der Waals surface area contributed by atoms with Crippen LogP contribution in [0.25, 0.3) is 0 Å². The number of methoxy groups -OCH3 is 1. The zero-order chi connectivity index (χ0) is 15.9. The minimum absolute atomic E-state index is 0.261. The molecule has 0 saturated heterocycles. The molecule has 1 atom stereocenters. The summed E-state index contributed by atoms with van der Waals surface area (Å²) in [5.41, 5.74) is 7.08. The third-order valence-electron chi connectivity index (χ3n) is 2.96. The Balaban J connectivity index is 2.12. The number of nitrogens with one attached hydrogen (secondary N) is 1. The third-order valence-corrected chi connectivity index (χ3v) is 2.96. The van der Waals surface area contributed by atoms with Crippen LogP contribution in [0.5, 0.6) is 11.5 Å². The van der Waals surface area contributed by atoms with E-state index >= 15 is 0 Å². The van der Waals surface area contributed by atoms with Crippen molar-refractivity contribution in [3.05, 3.63) is 48.3 Å². The molecule has 3 N–H and O–H groups in total. The van der Waals surface area contributed by atoms with E-state index in [2.05, 4.69) is 10.3 Å². The summed E-state index contributed by atoms with van der Waals surface area (Å²) < 4.78 is 11.0. The van der Waals surface area contributed by atoms with Crippen molar-refractivity contribution in [2.24, 2.45) is 5.73 Å². The second kappa shape index (κ2) is 7.42. The van der Waals surface area contributed by atoms with Crippen LogP contribution in [0.3, 0.4) is 0 Å². The number of aromatic nitrogens is 1. The third kappa shape index (κ3) is 4.20. The first kappa shape index (κ1) is 15.8. The van der Waals surface area contributed by atoms with E-state index in [4.69, 9.17) is 15.2 Å². The van der Waals surface area contributed by atoms with Crippen LogP contribution >= 0.6 is 0 Å². The molecule has 22 heavy (non-hydrogen) atoms. The predicted molar refractivity (Wildman–Crippen MR) is 83.8 cm³/mol. The van der Waals surface area contributed by atoms with Crippen LogP contribution in [-0.4, -0.2) is 24.0 Å². The van der Waals surface area contributed by atoms with E-state index < -0.39 is 6.04 Å². The van der Waals surface area contributed by atoms with Gasteiger partial charge in [0.1, 0.15) is 6.61 Å². The monoisotopic (exact) mass is 301 g/mol. The minimum atomic E-state index is -0.582. The van der Waals surface area contributed by atoms with Crippen molar-refractivity contribution < 1.29 is 14.3 Å². The van der Waals surface area contributed by atoms with Crippen LogP contribution in [0.15, 0.2) is 42.7 Å². The van der Waals surface area contributed by atoms with E-state index in [1.54, 1.807) is 44.6 Å². The lowest BCUT2D eigenvalue weighted by Gasteiger charge is -2.13. The maximum absolute atomic E-state index is 11.6. The molecular formula is C16H19N3O3. The van der Waals surface area contributed by atoms with Gasteiger partial charge in [-0.1, -0.05) is 6.07 Å². The number of pyridine rings is 1. The Labute approximate surface area is 129 Å². The summed E-state index contributed by atoms with van der Waals surface area (Å²) in [7, 11) is 1.56. The molecule has 1 aromatic heterocycles. The predicted octanol–water partition coefficient (Wildman–Crippen LogP) is 1.95. The molecule has 6 nitrogen and oxygen atoms in total. The number of anilines is 1. The van der Waals surface area contributed by atoms with Crippen LogP contribution in [0.2, 0.25) is 0 Å². The molecular weight excluding hydrogens is 282 g/mol. The molecule has 0 aliphatic rings. The van der Waals surface area contributed by atoms with Crippen LogP contribution in [-0.2, 0) is 11.4 Å². The minimum Gasteiger partial charge on any atom is -0.493 e. The van der Waals surface area contributed by atoms with Crippen molar-refractivity contribution in [2.45, 2.75) is 19.6 Å². The highest BCUT2D eigenvalue weighted by Gasteiger charge is 2.11. The molecule has 0 saturated carbocycles. The Kier molecular flexibility index (Phi) is 5.32. The van der Waals surface area contributed by atoms with E-state index in [0.29, 0.717) is 23.8 Å². The average molecular weight is 301 g/mol. The molecule has 1 aromatic carbocycles. The van der Waals surface area contributed by atoms with E-state index in [-0.39, 0.29) is 5.91 Å². The summed E-state index contributed by atoms with van der Waals surface area (Å²) in [5.74, 6) is 0.861. The molecule has 6 heteroatoms. The SMILES string of the molecule is COc1ccc(NC(=O)[C@H](C)N)cc1OCc1cccnc1. The normalized spacial score (nSPS) is 11.6. The molecule has 2 aromatic rings. The van der Waals surface area contributed by atoms with E-state index in [9.17, 15) is 4.79 Å². The average Bonchev–Trinajstić information content (AvgIpc) is 2.54. The zero-order valence-corrected chi connectivity index (χ0v) is 12.6. The molecule has 1 heterocycles. The number of carbonyl (C=O) groups is 1. The molecule has 0 aliphatic carbocycles. The quantitative estimate of drug-likeness (QED) is 0.851. The maximum Gasteiger partial charge on any atom is 0.241 e. The van der Waals surface area contributed by atoms with Crippen LogP contribution in [0.4, 0.5) is 5.69 Å². The van der Waals surface area contributed by atoms with E-state index in [1.165, 1.54) is 0 Å². The highest BCUT2D eigenvalue weighted by molar-refractivity contribution is 5.94. The lowest BCUT2D eigenvalue weighted by Crippen LogP contribution is -2.32. The Morgan fingerprint density at radius 2 is 2.18 bits per heavy atom. The van der Waals surface area contributed by atoms with Crippen molar-refractivity contribution in [3.8, 4) is 11.5 Å². The van der Waals surface area contributed by atoms with E-state index in [1.807, 2.05) is 12.1 Å². The van der Waals surface area contributed by atoms with Crippen molar-refractivity contribution in [1.29, 1.82) is 0 Å². The van der Waals surface area contributed by atoms with Gasteiger partial charge in [-0.25, -0.2) is 0 Å². The van der Waals surface area contributed by atoms with Crippen LogP contribution < -0.4 is 20.5 Å². The topological polar surface area (TPSA) is 86.5 Å². The molecule has 0 radical (unpaired) electrons. The summed E-state index contributed by atoms with van der Waals surface area (Å²) in [6, 6.07) is 8.35. The van der Waals surface area contributed by atoms with Crippen LogP contribution in [0.1, 0.15) is 12.5 Å². The molecule has 116 valence electrons. The summed E-state index contributed by atoms with van der Waals surface area (Å²) in [4.78, 5) is 15.7. The highest BCUT2D eigenvalue weighted by Crippen LogP contribution is 2.30. The highest BCUT2D eigenvalue weighted by atomic mass is 16.5. The smallest absolute Gasteiger partial charge is 0.241 e. The second-order valence-electron chi connectivity index (χ2n) is 4.79. The maximum atomic E-state index is 11.6. The molecule has 0 aliphatic heterocycles. The Morgan fingerprint density at radius 1 is 1.36 bits per heavy atom. The number of hydrogen-bond acceptors (Lipinski definition) is 5. The standard InChI is InChI=1S/C16H19N3O3/c1-11(17)16(20)19-13-5-6-14(21-2)15(8-13)22-10-12-4-3-7-18-9-12/h3-9,11H,10,17H2,1-2H3,(H,19,20)/t11-/m0/s1. The lowest BCUT2D eigenvalue weighted by molar-refractivity contribution is -0.117. The number of benzene rings is 1. The van der Waals surface area contributed by atoms with Gasteiger partial charge in [0.05, 0.1) is 13.2 Å². The molecule has 0 unspecified atom stereocenters. The number of nitrogens with two attached hydrogens (primary N) is 1. The molecule has 0 bridgehead atoms. The van der Waals surface area contributed by atoms with Gasteiger partial charge in [0.2, 0.25) is 5.91 Å². The summed E-state index contributed by atoms with van der Waals surface area (Å²) in [5, 5.41) is 2.72. The first-order valence-corrected chi connectivity index (χ1v) is 6.86. The van der Waals surface area contributed by atoms with Crippen molar-refractivity contribution >= 4 is 11.6 Å². The largest absolute Gasteiger partial charge is 0.493 e. The number of amides is 1. The van der Waals surface area contributed by atoms with Gasteiger partial charge < -0.3 is 20.5 Å². The molecule has 0 spiro atoms. The fraction of sp³-hybridized carbons (Fsp3) is 0.250. The van der Waals surface area contributed by atoms with Gasteiger partial charge in [-0.3, -0.25) is 9.78 Å². The number of rotatable bonds is 6. The van der Waals surface area contributed by atoms with Gasteiger partial charge in [-0.05, 0) is 25.1 Å². The Bertz CT molecular complexity index is 630. The first-order valence-electron chi connectivity index (χ1n) is 6.86. The lowest BCUT2D eigenvalue weighted by atomic mass is 10.2. The van der Waals surface area contributed by atoms with Gasteiger partial charge >= 0.3 is 0 Å². The van der Waals surface area contributed by atoms with Gasteiger partial charge in [-0.15, -0.1) is 0 Å². The number of hydrogen-bond donors (Lipinski definition) is 2. The van der Waals surface area contributed by atoms with Crippen molar-refractivity contribution in [2.75, 3.05) is 12.4 Å². The first-order chi connectivity index (χ1) is 10.6. The molecule has 1 amide bonds. The fourth-order valence-electron chi connectivity index (χ4n) is 1.77. The van der Waals surface area contributed by atoms with Gasteiger partial charge in [0.25, 0.3) is 0 Å². The second-order valence-corrected chi connectivity index (χ2v) is 4.79. The summed E-state index contributed by atoms with van der Waals surface area (Å²) in [6.45, 7) is 1.98.